The lowest BCUT2D eigenvalue weighted by molar-refractivity contribution is -0.139. The van der Waals surface area contributed by atoms with E-state index in [0.29, 0.717) is 5.56 Å². The molecule has 0 saturated carbocycles. The van der Waals surface area contributed by atoms with Gasteiger partial charge in [-0.15, -0.1) is 0 Å². The monoisotopic (exact) mass is 618 g/mol. The zero-order chi connectivity index (χ0) is 32.2. The number of aliphatic imine (C=N–C) groups is 1. The number of rotatable bonds is 9. The van der Waals surface area contributed by atoms with E-state index >= 15 is 0 Å². The third-order valence-corrected chi connectivity index (χ3v) is 7.20. The predicted octanol–water partition coefficient (Wildman–Crippen LogP) is 5.86. The SMILES string of the molecule is Cc1cccc2c1NC(=O)[C@@H](NC(=O)[C@H](CCCC(F)(F)F)[C@@H](C(N)=O)c1ccccc1)N=C2c1cccc(C(F)(F)F)c1. The van der Waals surface area contributed by atoms with Gasteiger partial charge in [-0.05, 0) is 43.0 Å². The van der Waals surface area contributed by atoms with Crippen molar-refractivity contribution in [2.75, 3.05) is 5.32 Å². The average molecular weight is 619 g/mol. The third-order valence-electron chi connectivity index (χ3n) is 7.20. The Labute approximate surface area is 248 Å². The molecule has 0 aromatic heterocycles. The van der Waals surface area contributed by atoms with E-state index < -0.39 is 72.9 Å². The van der Waals surface area contributed by atoms with Crippen LogP contribution in [0.25, 0.3) is 0 Å². The van der Waals surface area contributed by atoms with Crippen LogP contribution in [0.2, 0.25) is 0 Å². The summed E-state index contributed by atoms with van der Waals surface area (Å²) in [5.74, 6) is -5.56. The van der Waals surface area contributed by atoms with Gasteiger partial charge < -0.3 is 16.4 Å². The van der Waals surface area contributed by atoms with E-state index in [0.717, 1.165) is 12.1 Å². The van der Waals surface area contributed by atoms with E-state index in [-0.39, 0.29) is 28.1 Å². The minimum Gasteiger partial charge on any atom is -0.369 e. The number of anilines is 1. The number of alkyl halides is 6. The molecule has 13 heteroatoms. The quantitative estimate of drug-likeness (QED) is 0.261. The van der Waals surface area contributed by atoms with Gasteiger partial charge in [-0.3, -0.25) is 14.4 Å². The lowest BCUT2D eigenvalue weighted by Crippen LogP contribution is -2.47. The molecule has 0 saturated heterocycles. The number of halogens is 6. The second kappa shape index (κ2) is 12.9. The van der Waals surface area contributed by atoms with Crippen LogP contribution in [0.15, 0.2) is 77.8 Å². The molecule has 1 aliphatic heterocycles. The number of benzodiazepines with no additional fused rings is 1. The number of nitrogens with zero attached hydrogens (tertiary/aromatic N) is 1. The van der Waals surface area contributed by atoms with Crippen LogP contribution < -0.4 is 16.4 Å². The van der Waals surface area contributed by atoms with Gasteiger partial charge in [-0.1, -0.05) is 60.7 Å². The van der Waals surface area contributed by atoms with E-state index in [1.807, 2.05) is 0 Å². The minimum atomic E-state index is -4.68. The Morgan fingerprint density at radius 1 is 0.977 bits per heavy atom. The van der Waals surface area contributed by atoms with Crippen molar-refractivity contribution in [2.45, 2.75) is 50.6 Å². The Morgan fingerprint density at radius 2 is 1.66 bits per heavy atom. The number of primary amides is 1. The van der Waals surface area contributed by atoms with Crippen molar-refractivity contribution >= 4 is 29.1 Å². The number of para-hydroxylation sites is 1. The lowest BCUT2D eigenvalue weighted by Gasteiger charge is -2.26. The standard InChI is InChI=1S/C31H28F6N4O3/c1-17-8-5-13-22-24(17)40-29(44)27(39-25(22)19-11-6-12-20(16-19)31(35,36)37)41-28(43)21(14-7-15-30(32,33)34)23(26(38)42)18-9-3-2-4-10-18/h2-6,8-13,16,21,23,27H,7,14-15H2,1H3,(H2,38,42)(H,40,44)(H,41,43)/t21-,23+,27-/m1/s1. The van der Waals surface area contributed by atoms with Gasteiger partial charge in [0.1, 0.15) is 0 Å². The molecule has 3 aromatic carbocycles. The maximum Gasteiger partial charge on any atom is 0.416 e. The highest BCUT2D eigenvalue weighted by Gasteiger charge is 2.38. The molecule has 1 aliphatic rings. The highest BCUT2D eigenvalue weighted by atomic mass is 19.4. The van der Waals surface area contributed by atoms with Crippen molar-refractivity contribution in [3.05, 3.63) is 101 Å². The highest BCUT2D eigenvalue weighted by Crippen LogP contribution is 2.34. The first-order valence-electron chi connectivity index (χ1n) is 13.5. The molecule has 0 spiro atoms. The van der Waals surface area contributed by atoms with E-state index in [2.05, 4.69) is 15.6 Å². The maximum atomic E-state index is 13.7. The number of hydrogen-bond acceptors (Lipinski definition) is 4. The van der Waals surface area contributed by atoms with Crippen LogP contribution in [-0.2, 0) is 20.6 Å². The summed E-state index contributed by atoms with van der Waals surface area (Å²) in [4.78, 5) is 44.0. The van der Waals surface area contributed by atoms with E-state index in [1.165, 1.54) is 24.3 Å². The molecule has 0 fully saturated rings. The summed E-state index contributed by atoms with van der Waals surface area (Å²) in [5.41, 5.74) is 6.02. The van der Waals surface area contributed by atoms with Crippen molar-refractivity contribution in [1.82, 2.24) is 5.32 Å². The van der Waals surface area contributed by atoms with Crippen LogP contribution in [-0.4, -0.2) is 35.8 Å². The fraction of sp³-hybridized carbons (Fsp3) is 0.290. The molecule has 7 nitrogen and oxygen atoms in total. The number of carbonyl (C=O) groups excluding carboxylic acids is 3. The average Bonchev–Trinajstić information content (AvgIpc) is 3.09. The van der Waals surface area contributed by atoms with Crippen LogP contribution in [0.5, 0.6) is 0 Å². The van der Waals surface area contributed by atoms with Crippen LogP contribution in [0.3, 0.4) is 0 Å². The van der Waals surface area contributed by atoms with Gasteiger partial charge in [-0.25, -0.2) is 4.99 Å². The van der Waals surface area contributed by atoms with Gasteiger partial charge in [0.2, 0.25) is 18.0 Å². The molecule has 3 amide bonds. The van der Waals surface area contributed by atoms with Crippen molar-refractivity contribution in [3.63, 3.8) is 0 Å². The zero-order valence-corrected chi connectivity index (χ0v) is 23.3. The molecular weight excluding hydrogens is 590 g/mol. The van der Waals surface area contributed by atoms with Gasteiger partial charge in [0.05, 0.1) is 28.8 Å². The summed E-state index contributed by atoms with van der Waals surface area (Å²) < 4.78 is 79.7. The molecule has 0 aliphatic carbocycles. The second-order valence-corrected chi connectivity index (χ2v) is 10.4. The molecular formula is C31H28F6N4O3. The Bertz CT molecular complexity index is 1570. The van der Waals surface area contributed by atoms with Crippen LogP contribution >= 0.6 is 0 Å². The molecule has 4 rings (SSSR count). The Balaban J connectivity index is 1.76. The molecule has 3 aromatic rings. The van der Waals surface area contributed by atoms with Gasteiger partial charge in [0.25, 0.3) is 5.91 Å². The van der Waals surface area contributed by atoms with Crippen LogP contribution in [0.1, 0.15) is 53.0 Å². The number of nitrogens with two attached hydrogens (primary N) is 1. The smallest absolute Gasteiger partial charge is 0.369 e. The van der Waals surface area contributed by atoms with Crippen molar-refractivity contribution < 1.29 is 40.7 Å². The van der Waals surface area contributed by atoms with Crippen LogP contribution in [0.4, 0.5) is 32.0 Å². The Hall–Kier alpha value is -4.68. The number of nitrogens with one attached hydrogen (secondary N) is 2. The number of amides is 3. The Morgan fingerprint density at radius 3 is 2.30 bits per heavy atom. The summed E-state index contributed by atoms with van der Waals surface area (Å²) >= 11 is 0. The predicted molar refractivity (Wildman–Crippen MR) is 151 cm³/mol. The third kappa shape index (κ3) is 7.63. The molecule has 0 unspecified atom stereocenters. The van der Waals surface area contributed by atoms with Crippen molar-refractivity contribution in [1.29, 1.82) is 0 Å². The first-order chi connectivity index (χ1) is 20.7. The van der Waals surface area contributed by atoms with E-state index in [4.69, 9.17) is 5.73 Å². The molecule has 3 atom stereocenters. The Kier molecular flexibility index (Phi) is 9.45. The topological polar surface area (TPSA) is 114 Å². The van der Waals surface area contributed by atoms with E-state index in [1.54, 1.807) is 43.3 Å². The fourth-order valence-electron chi connectivity index (χ4n) is 5.12. The van der Waals surface area contributed by atoms with Gasteiger partial charge in [0.15, 0.2) is 0 Å². The summed E-state index contributed by atoms with van der Waals surface area (Å²) in [6, 6.07) is 16.9. The lowest BCUT2D eigenvalue weighted by atomic mass is 9.81. The molecule has 44 heavy (non-hydrogen) atoms. The van der Waals surface area contributed by atoms with Gasteiger partial charge in [-0.2, -0.15) is 26.3 Å². The minimum absolute atomic E-state index is 0.00319. The zero-order valence-electron chi connectivity index (χ0n) is 23.3. The van der Waals surface area contributed by atoms with Crippen molar-refractivity contribution in [2.24, 2.45) is 16.6 Å². The molecule has 0 bridgehead atoms. The number of fused-ring (bicyclic) bond motifs is 1. The number of benzene rings is 3. The first kappa shape index (κ1) is 32.2. The molecule has 0 radical (unpaired) electrons. The molecule has 4 N–H and O–H groups in total. The number of hydrogen-bond donors (Lipinski definition) is 3. The van der Waals surface area contributed by atoms with Gasteiger partial charge in [0, 0.05) is 17.5 Å². The number of aryl methyl sites for hydroxylation is 1. The number of carbonyl (C=O) groups is 3. The van der Waals surface area contributed by atoms with Crippen LogP contribution in [0, 0.1) is 12.8 Å². The molecule has 232 valence electrons. The summed E-state index contributed by atoms with van der Waals surface area (Å²) in [6.07, 6.45) is -13.1. The largest absolute Gasteiger partial charge is 0.416 e. The normalized spacial score (nSPS) is 16.6. The molecule has 1 heterocycles. The van der Waals surface area contributed by atoms with Crippen molar-refractivity contribution in [3.8, 4) is 0 Å². The first-order valence-corrected chi connectivity index (χ1v) is 13.5. The maximum absolute atomic E-state index is 13.7. The van der Waals surface area contributed by atoms with Gasteiger partial charge >= 0.3 is 12.4 Å². The van der Waals surface area contributed by atoms with E-state index in [9.17, 15) is 40.7 Å². The highest BCUT2D eigenvalue weighted by molar-refractivity contribution is 6.20. The fourth-order valence-corrected chi connectivity index (χ4v) is 5.12. The summed E-state index contributed by atoms with van der Waals surface area (Å²) in [6.45, 7) is 1.66. The summed E-state index contributed by atoms with van der Waals surface area (Å²) in [5, 5.41) is 5.06. The summed E-state index contributed by atoms with van der Waals surface area (Å²) in [7, 11) is 0. The second-order valence-electron chi connectivity index (χ2n) is 10.4.